The molecule has 6 heteroatoms. The summed E-state index contributed by atoms with van der Waals surface area (Å²) in [5, 5.41) is 0. The summed E-state index contributed by atoms with van der Waals surface area (Å²) >= 11 is 0. The average Bonchev–Trinajstić information content (AvgIpc) is 2.20. The summed E-state index contributed by atoms with van der Waals surface area (Å²) < 4.78 is 47.7. The number of hydrogen-bond acceptors (Lipinski definition) is 3. The van der Waals surface area contributed by atoms with Crippen molar-refractivity contribution in [2.75, 3.05) is 14.2 Å². The largest absolute Gasteiger partial charge is 0.465 e. The fourth-order valence-corrected chi connectivity index (χ4v) is 1.15. The van der Waals surface area contributed by atoms with Gasteiger partial charge in [0.15, 0.2) is 5.83 Å². The van der Waals surface area contributed by atoms with E-state index in [-0.39, 0.29) is 5.57 Å². The summed E-state index contributed by atoms with van der Waals surface area (Å²) in [6.07, 6.45) is -0.521. The van der Waals surface area contributed by atoms with E-state index in [9.17, 15) is 18.0 Å². The van der Waals surface area contributed by atoms with Crippen LogP contribution in [0.15, 0.2) is 23.6 Å². The molecule has 1 aliphatic rings. The van der Waals surface area contributed by atoms with Gasteiger partial charge in [-0.3, -0.25) is 0 Å². The Kier molecular flexibility index (Phi) is 3.18. The second-order valence-corrected chi connectivity index (χ2v) is 2.89. The zero-order chi connectivity index (χ0) is 11.6. The number of rotatable bonds is 2. The predicted octanol–water partition coefficient (Wildman–Crippen LogP) is 1.60. The van der Waals surface area contributed by atoms with Crippen molar-refractivity contribution in [2.24, 2.45) is 0 Å². The molecule has 0 bridgehead atoms. The Bertz CT molecular complexity index is 333. The van der Waals surface area contributed by atoms with Crippen LogP contribution < -0.4 is 0 Å². The Balaban J connectivity index is 3.06. The lowest BCUT2D eigenvalue weighted by atomic mass is 10.0. The molecule has 1 atom stereocenters. The number of carbonyl (C=O) groups is 1. The molecular formula is C9H9F3O3. The van der Waals surface area contributed by atoms with Gasteiger partial charge in [0, 0.05) is 7.11 Å². The third-order valence-corrected chi connectivity index (χ3v) is 1.96. The first-order valence-electron chi connectivity index (χ1n) is 4.02. The number of halogens is 3. The van der Waals surface area contributed by atoms with Crippen molar-refractivity contribution in [3.8, 4) is 0 Å². The fraction of sp³-hybridized carbons (Fsp3) is 0.444. The van der Waals surface area contributed by atoms with Crippen molar-refractivity contribution in [2.45, 2.75) is 12.0 Å². The third kappa shape index (κ3) is 2.04. The first-order valence-corrected chi connectivity index (χ1v) is 4.02. The van der Waals surface area contributed by atoms with Crippen LogP contribution in [0.2, 0.25) is 0 Å². The van der Waals surface area contributed by atoms with Crippen LogP contribution in [0, 0.1) is 0 Å². The molecule has 0 aromatic carbocycles. The van der Waals surface area contributed by atoms with Gasteiger partial charge < -0.3 is 9.47 Å². The number of carbonyl (C=O) groups excluding carboxylic acids is 1. The molecule has 1 unspecified atom stereocenters. The van der Waals surface area contributed by atoms with Crippen LogP contribution in [0.3, 0.4) is 0 Å². The van der Waals surface area contributed by atoms with Gasteiger partial charge in [0.1, 0.15) is 6.10 Å². The summed E-state index contributed by atoms with van der Waals surface area (Å²) in [5.41, 5.74) is -0.284. The van der Waals surface area contributed by atoms with E-state index in [0.29, 0.717) is 6.08 Å². The van der Waals surface area contributed by atoms with E-state index in [1.807, 2.05) is 0 Å². The first-order chi connectivity index (χ1) is 6.93. The van der Waals surface area contributed by atoms with E-state index in [2.05, 4.69) is 9.47 Å². The standard InChI is InChI=1S/C9H9F3O3/c1-14-7-4-5(8(13)15-2)3-6(10)9(7,11)12/h3-4,7H,1-2H3. The molecule has 15 heavy (non-hydrogen) atoms. The van der Waals surface area contributed by atoms with E-state index >= 15 is 0 Å². The van der Waals surface area contributed by atoms with Gasteiger partial charge in [-0.1, -0.05) is 0 Å². The van der Waals surface area contributed by atoms with Crippen molar-refractivity contribution >= 4 is 5.97 Å². The van der Waals surface area contributed by atoms with Crippen LogP contribution in [0.25, 0.3) is 0 Å². The topological polar surface area (TPSA) is 35.5 Å². The molecule has 3 nitrogen and oxygen atoms in total. The molecule has 0 heterocycles. The van der Waals surface area contributed by atoms with E-state index < -0.39 is 23.8 Å². The highest BCUT2D eigenvalue weighted by Gasteiger charge is 2.46. The average molecular weight is 222 g/mol. The summed E-state index contributed by atoms with van der Waals surface area (Å²) in [7, 11) is 2.08. The minimum absolute atomic E-state index is 0.284. The lowest BCUT2D eigenvalue weighted by Crippen LogP contribution is -2.37. The van der Waals surface area contributed by atoms with Crippen LogP contribution in [0.1, 0.15) is 0 Å². The molecule has 0 aromatic rings. The van der Waals surface area contributed by atoms with Gasteiger partial charge in [-0.25, -0.2) is 9.18 Å². The zero-order valence-electron chi connectivity index (χ0n) is 8.09. The molecule has 1 aliphatic carbocycles. The van der Waals surface area contributed by atoms with Crippen molar-refractivity contribution in [3.05, 3.63) is 23.6 Å². The molecule has 0 aliphatic heterocycles. The molecule has 0 spiro atoms. The van der Waals surface area contributed by atoms with Crippen LogP contribution in [-0.2, 0) is 14.3 Å². The Morgan fingerprint density at radius 2 is 2.07 bits per heavy atom. The highest BCUT2D eigenvalue weighted by Crippen LogP contribution is 2.36. The highest BCUT2D eigenvalue weighted by molar-refractivity contribution is 5.92. The smallest absolute Gasteiger partial charge is 0.337 e. The summed E-state index contributed by atoms with van der Waals surface area (Å²) in [6.45, 7) is 0. The van der Waals surface area contributed by atoms with Crippen LogP contribution in [0.4, 0.5) is 13.2 Å². The number of ether oxygens (including phenoxy) is 2. The lowest BCUT2D eigenvalue weighted by molar-refractivity contribution is -0.136. The molecule has 0 fully saturated rings. The predicted molar refractivity (Wildman–Crippen MR) is 45.0 cm³/mol. The Labute approximate surface area is 84.2 Å². The Morgan fingerprint density at radius 3 is 2.53 bits per heavy atom. The second kappa shape index (κ2) is 4.06. The van der Waals surface area contributed by atoms with E-state index in [4.69, 9.17) is 0 Å². The molecular weight excluding hydrogens is 213 g/mol. The van der Waals surface area contributed by atoms with Gasteiger partial charge in [-0.05, 0) is 12.2 Å². The number of alkyl halides is 2. The summed E-state index contributed by atoms with van der Waals surface area (Å²) in [4.78, 5) is 11.0. The lowest BCUT2D eigenvalue weighted by Gasteiger charge is -2.25. The SMILES string of the molecule is COC(=O)C1=CC(OC)C(F)(F)C(F)=C1. The fourth-order valence-electron chi connectivity index (χ4n) is 1.15. The molecule has 84 valence electrons. The van der Waals surface area contributed by atoms with Gasteiger partial charge in [-0.15, -0.1) is 0 Å². The monoisotopic (exact) mass is 222 g/mol. The van der Waals surface area contributed by atoms with E-state index in [0.717, 1.165) is 20.3 Å². The molecule has 0 amide bonds. The van der Waals surface area contributed by atoms with Gasteiger partial charge in [-0.2, -0.15) is 8.78 Å². The molecule has 0 aromatic heterocycles. The number of methoxy groups -OCH3 is 2. The third-order valence-electron chi connectivity index (χ3n) is 1.96. The van der Waals surface area contributed by atoms with Crippen LogP contribution in [-0.4, -0.2) is 32.2 Å². The highest BCUT2D eigenvalue weighted by atomic mass is 19.3. The molecule has 0 radical (unpaired) electrons. The van der Waals surface area contributed by atoms with Crippen molar-refractivity contribution in [3.63, 3.8) is 0 Å². The van der Waals surface area contributed by atoms with Gasteiger partial charge in [0.25, 0.3) is 0 Å². The quantitative estimate of drug-likeness (QED) is 0.666. The van der Waals surface area contributed by atoms with Gasteiger partial charge >= 0.3 is 11.9 Å². The molecule has 0 N–H and O–H groups in total. The maximum atomic E-state index is 13.0. The zero-order valence-corrected chi connectivity index (χ0v) is 8.09. The normalized spacial score (nSPS) is 24.2. The Morgan fingerprint density at radius 1 is 1.47 bits per heavy atom. The minimum Gasteiger partial charge on any atom is -0.465 e. The second-order valence-electron chi connectivity index (χ2n) is 2.89. The maximum absolute atomic E-state index is 13.0. The molecule has 0 saturated carbocycles. The summed E-state index contributed by atoms with van der Waals surface area (Å²) in [5.74, 6) is -6.34. The van der Waals surface area contributed by atoms with Crippen molar-refractivity contribution in [1.29, 1.82) is 0 Å². The van der Waals surface area contributed by atoms with Crippen molar-refractivity contribution in [1.82, 2.24) is 0 Å². The molecule has 1 rings (SSSR count). The first kappa shape index (κ1) is 11.8. The number of esters is 1. The minimum atomic E-state index is -3.74. The number of hydrogen-bond donors (Lipinski definition) is 0. The van der Waals surface area contributed by atoms with E-state index in [1.165, 1.54) is 0 Å². The van der Waals surface area contributed by atoms with Crippen LogP contribution in [0.5, 0.6) is 0 Å². The summed E-state index contributed by atoms with van der Waals surface area (Å²) in [6, 6.07) is 0. The van der Waals surface area contributed by atoms with E-state index in [1.54, 1.807) is 0 Å². The molecule has 0 saturated heterocycles. The van der Waals surface area contributed by atoms with Gasteiger partial charge in [0.05, 0.1) is 12.7 Å². The van der Waals surface area contributed by atoms with Gasteiger partial charge in [0.2, 0.25) is 0 Å². The Hall–Kier alpha value is -1.30. The maximum Gasteiger partial charge on any atom is 0.337 e. The van der Waals surface area contributed by atoms with Crippen molar-refractivity contribution < 1.29 is 27.4 Å². The van der Waals surface area contributed by atoms with Crippen LogP contribution >= 0.6 is 0 Å².